The zero-order valence-electron chi connectivity index (χ0n) is 17.0. The van der Waals surface area contributed by atoms with Crippen molar-refractivity contribution in [1.29, 1.82) is 0 Å². The summed E-state index contributed by atoms with van der Waals surface area (Å²) in [6.45, 7) is 3.43. The number of aryl methyl sites for hydroxylation is 2. The molecule has 0 radical (unpaired) electrons. The van der Waals surface area contributed by atoms with Gasteiger partial charge in [-0.3, -0.25) is 14.3 Å². The molecule has 1 spiro atoms. The van der Waals surface area contributed by atoms with Crippen LogP contribution in [0.5, 0.6) is 0 Å². The van der Waals surface area contributed by atoms with Crippen molar-refractivity contribution in [3.63, 3.8) is 0 Å². The van der Waals surface area contributed by atoms with Gasteiger partial charge in [0, 0.05) is 32.4 Å². The largest absolute Gasteiger partial charge is 0.338 e. The monoisotopic (exact) mass is 413 g/mol. The molecule has 2 saturated heterocycles. The summed E-state index contributed by atoms with van der Waals surface area (Å²) in [6.07, 6.45) is 9.35. The van der Waals surface area contributed by atoms with Crippen molar-refractivity contribution in [2.45, 2.75) is 57.5 Å². The molecule has 4 heterocycles. The van der Waals surface area contributed by atoms with Gasteiger partial charge in [-0.2, -0.15) is 5.10 Å². The number of nitrogens with zero attached hydrogens (tertiary/aromatic N) is 5. The highest BCUT2D eigenvalue weighted by atomic mass is 32.1. The van der Waals surface area contributed by atoms with Gasteiger partial charge in [-0.1, -0.05) is 12.8 Å². The van der Waals surface area contributed by atoms with E-state index in [0.717, 1.165) is 44.2 Å². The summed E-state index contributed by atoms with van der Waals surface area (Å²) in [7, 11) is 1.82. The normalized spacial score (nSPS) is 24.3. The summed E-state index contributed by atoms with van der Waals surface area (Å²) in [5, 5.41) is 4.11. The summed E-state index contributed by atoms with van der Waals surface area (Å²) in [5.41, 5.74) is 3.41. The van der Waals surface area contributed by atoms with Crippen molar-refractivity contribution < 1.29 is 9.59 Å². The van der Waals surface area contributed by atoms with Crippen molar-refractivity contribution in [1.82, 2.24) is 24.6 Å². The lowest BCUT2D eigenvalue weighted by Crippen LogP contribution is -2.66. The van der Waals surface area contributed by atoms with Crippen LogP contribution in [-0.4, -0.2) is 55.5 Å². The van der Waals surface area contributed by atoms with Crippen molar-refractivity contribution >= 4 is 23.2 Å². The number of hydrogen-bond donors (Lipinski definition) is 0. The Bertz CT molecular complexity index is 937. The first-order chi connectivity index (χ1) is 14.0. The van der Waals surface area contributed by atoms with Crippen molar-refractivity contribution in [2.75, 3.05) is 13.1 Å². The Labute approximate surface area is 174 Å². The zero-order valence-corrected chi connectivity index (χ0v) is 17.8. The summed E-state index contributed by atoms with van der Waals surface area (Å²) in [4.78, 5) is 35.9. The fraction of sp³-hybridized carbons (Fsp3) is 0.619. The molecule has 0 aromatic carbocycles. The summed E-state index contributed by atoms with van der Waals surface area (Å²) >= 11 is 1.69. The number of amides is 2. The third kappa shape index (κ3) is 2.83. The van der Waals surface area contributed by atoms with Crippen LogP contribution in [0.25, 0.3) is 0 Å². The first kappa shape index (κ1) is 18.8. The molecule has 2 aromatic heterocycles. The van der Waals surface area contributed by atoms with Gasteiger partial charge in [0.15, 0.2) is 0 Å². The van der Waals surface area contributed by atoms with Crippen molar-refractivity contribution in [3.05, 3.63) is 34.0 Å². The highest BCUT2D eigenvalue weighted by Gasteiger charge is 2.64. The van der Waals surface area contributed by atoms with E-state index in [1.807, 2.05) is 17.5 Å². The van der Waals surface area contributed by atoms with Gasteiger partial charge < -0.3 is 9.80 Å². The minimum Gasteiger partial charge on any atom is -0.338 e. The minimum atomic E-state index is -0.194. The van der Waals surface area contributed by atoms with Crippen LogP contribution in [0.1, 0.15) is 65.5 Å². The molecule has 154 valence electrons. The van der Waals surface area contributed by atoms with Gasteiger partial charge in [0.2, 0.25) is 5.91 Å². The Kier molecular flexibility index (Phi) is 4.49. The van der Waals surface area contributed by atoms with Crippen LogP contribution in [-0.2, 0) is 11.8 Å². The maximum absolute atomic E-state index is 13.4. The number of hydrogen-bond acceptors (Lipinski definition) is 5. The molecule has 5 rings (SSSR count). The lowest BCUT2D eigenvalue weighted by Gasteiger charge is -2.58. The highest BCUT2D eigenvalue weighted by Crippen LogP contribution is 2.61. The molecule has 3 fully saturated rings. The van der Waals surface area contributed by atoms with E-state index in [2.05, 4.69) is 21.9 Å². The molecule has 1 saturated carbocycles. The van der Waals surface area contributed by atoms with Crippen LogP contribution in [0.2, 0.25) is 0 Å². The number of carbonyl (C=O) groups excluding carboxylic acids is 2. The van der Waals surface area contributed by atoms with Crippen LogP contribution < -0.4 is 0 Å². The first-order valence-corrected chi connectivity index (χ1v) is 11.4. The van der Waals surface area contributed by atoms with E-state index in [1.165, 1.54) is 4.88 Å². The van der Waals surface area contributed by atoms with Gasteiger partial charge in [0.1, 0.15) is 0 Å². The lowest BCUT2D eigenvalue weighted by atomic mass is 9.67. The number of β-lactam (4-membered cyclic amide) rings is 1. The summed E-state index contributed by atoms with van der Waals surface area (Å²) in [5.74, 6) is 0.374. The van der Waals surface area contributed by atoms with Crippen LogP contribution in [0.4, 0.5) is 0 Å². The Balaban J connectivity index is 1.33. The molecule has 8 heteroatoms. The third-order valence-electron chi connectivity index (χ3n) is 7.09. The van der Waals surface area contributed by atoms with E-state index in [4.69, 9.17) is 0 Å². The van der Waals surface area contributed by atoms with Crippen molar-refractivity contribution in [3.8, 4) is 0 Å². The first-order valence-electron chi connectivity index (χ1n) is 10.5. The second-order valence-electron chi connectivity index (χ2n) is 8.71. The van der Waals surface area contributed by atoms with E-state index < -0.39 is 0 Å². The Morgan fingerprint density at radius 1 is 1.24 bits per heavy atom. The third-order valence-corrected chi connectivity index (χ3v) is 8.07. The molecule has 0 bridgehead atoms. The van der Waals surface area contributed by atoms with Gasteiger partial charge in [0.05, 0.1) is 39.3 Å². The Morgan fingerprint density at radius 2 is 1.97 bits per heavy atom. The predicted octanol–water partition coefficient (Wildman–Crippen LogP) is 2.93. The molecule has 1 aliphatic carbocycles. The number of carbonyl (C=O) groups is 2. The topological polar surface area (TPSA) is 71.3 Å². The second-order valence-corrected chi connectivity index (χ2v) is 9.59. The van der Waals surface area contributed by atoms with E-state index >= 15 is 0 Å². The molecule has 1 unspecified atom stereocenters. The molecule has 0 N–H and O–H groups in total. The minimum absolute atomic E-state index is 0.0357. The second kappa shape index (κ2) is 6.93. The quantitative estimate of drug-likeness (QED) is 0.726. The molecule has 2 aliphatic heterocycles. The van der Waals surface area contributed by atoms with E-state index in [9.17, 15) is 9.59 Å². The fourth-order valence-electron chi connectivity index (χ4n) is 5.57. The molecule has 2 amide bonds. The van der Waals surface area contributed by atoms with Gasteiger partial charge in [-0.25, -0.2) is 4.98 Å². The number of thiazole rings is 1. The molecule has 29 heavy (non-hydrogen) atoms. The number of likely N-dealkylation sites (tertiary alicyclic amines) is 2. The average molecular weight is 414 g/mol. The maximum Gasteiger partial charge on any atom is 0.257 e. The average Bonchev–Trinajstić information content (AvgIpc) is 3.47. The summed E-state index contributed by atoms with van der Waals surface area (Å²) < 4.78 is 1.65. The van der Waals surface area contributed by atoms with Crippen LogP contribution >= 0.6 is 11.3 Å². The van der Waals surface area contributed by atoms with Crippen molar-refractivity contribution in [2.24, 2.45) is 12.5 Å². The zero-order chi connectivity index (χ0) is 20.2. The van der Waals surface area contributed by atoms with E-state index in [1.54, 1.807) is 28.4 Å². The molecule has 1 atom stereocenters. The lowest BCUT2D eigenvalue weighted by molar-refractivity contribution is -0.180. The predicted molar refractivity (Wildman–Crippen MR) is 109 cm³/mol. The fourth-order valence-corrected chi connectivity index (χ4v) is 6.59. The highest BCUT2D eigenvalue weighted by molar-refractivity contribution is 7.09. The van der Waals surface area contributed by atoms with Gasteiger partial charge in [-0.15, -0.1) is 11.3 Å². The van der Waals surface area contributed by atoms with E-state index in [-0.39, 0.29) is 23.4 Å². The number of aromatic nitrogens is 3. The van der Waals surface area contributed by atoms with Crippen LogP contribution in [0.15, 0.2) is 17.9 Å². The Hall–Kier alpha value is -2.22. The SMILES string of the molecule is Cc1ncsc1C1N(C2CCN(C(=O)c3cnn(C)c3)CC2)C(=O)C12CCCC2. The molecule has 7 nitrogen and oxygen atoms in total. The smallest absolute Gasteiger partial charge is 0.257 e. The van der Waals surface area contributed by atoms with Crippen LogP contribution in [0.3, 0.4) is 0 Å². The van der Waals surface area contributed by atoms with Gasteiger partial charge >= 0.3 is 0 Å². The molecule has 3 aliphatic rings. The van der Waals surface area contributed by atoms with Crippen LogP contribution in [0, 0.1) is 12.3 Å². The molecule has 2 aromatic rings. The molecular formula is C21H27N5O2S. The standard InChI is InChI=1S/C21H27N5O2S/c1-14-17(29-13-22-14)18-21(7-3-4-8-21)20(28)26(18)16-5-9-25(10-6-16)19(27)15-11-23-24(2)12-15/h11-13,16,18H,3-10H2,1-2H3. The van der Waals surface area contributed by atoms with Gasteiger partial charge in [-0.05, 0) is 32.6 Å². The number of piperidine rings is 1. The van der Waals surface area contributed by atoms with Gasteiger partial charge in [0.25, 0.3) is 5.91 Å². The Morgan fingerprint density at radius 3 is 2.55 bits per heavy atom. The number of rotatable bonds is 3. The van der Waals surface area contributed by atoms with E-state index in [0.29, 0.717) is 24.6 Å². The molecular weight excluding hydrogens is 386 g/mol. The maximum atomic E-state index is 13.4. The summed E-state index contributed by atoms with van der Waals surface area (Å²) in [6, 6.07) is 0.383.